The minimum absolute atomic E-state index is 0.000349. The van der Waals surface area contributed by atoms with Crippen molar-refractivity contribution in [3.63, 3.8) is 0 Å². The summed E-state index contributed by atoms with van der Waals surface area (Å²) in [7, 11) is 1.98. The third-order valence-electron chi connectivity index (χ3n) is 4.66. The van der Waals surface area contributed by atoms with Crippen molar-refractivity contribution in [1.82, 2.24) is 5.32 Å². The van der Waals surface area contributed by atoms with Gasteiger partial charge in [-0.05, 0) is 44.4 Å². The van der Waals surface area contributed by atoms with Crippen molar-refractivity contribution in [1.29, 1.82) is 0 Å². The fourth-order valence-electron chi connectivity index (χ4n) is 3.42. The largest absolute Gasteiger partial charge is 0.364 e. The minimum atomic E-state index is -0.337. The summed E-state index contributed by atoms with van der Waals surface area (Å²) in [5.41, 5.74) is 2.13. The Morgan fingerprint density at radius 3 is 2.86 bits per heavy atom. The molecule has 1 aliphatic carbocycles. The Bertz CT molecular complexity index is 503. The number of likely N-dealkylation sites (N-methyl/N-ethyl adjacent to an activating group) is 1. The number of carbonyl (C=O) groups excluding carboxylic acids is 1. The van der Waals surface area contributed by atoms with Crippen LogP contribution in [0.15, 0.2) is 24.3 Å². The molecule has 0 spiro atoms. The highest BCUT2D eigenvalue weighted by atomic mass is 16.5. The first kappa shape index (κ1) is 14.5. The number of hydrogen-bond acceptors (Lipinski definition) is 3. The number of benzene rings is 1. The van der Waals surface area contributed by atoms with Crippen LogP contribution in [0.2, 0.25) is 0 Å². The highest BCUT2D eigenvalue weighted by Crippen LogP contribution is 2.27. The summed E-state index contributed by atoms with van der Waals surface area (Å²) in [6.45, 7) is 0. The average Bonchev–Trinajstić information content (AvgIpc) is 2.67. The maximum Gasteiger partial charge on any atom is 0.253 e. The molecule has 3 rings (SSSR count). The van der Waals surface area contributed by atoms with Crippen LogP contribution in [0.4, 0.5) is 5.69 Å². The van der Waals surface area contributed by atoms with Gasteiger partial charge in [-0.25, -0.2) is 0 Å². The number of hydrogen-bond donors (Lipinski definition) is 2. The SMILES string of the molecule is CNC1CCCCC1OC1CCc2ccccc2NC1=O. The Hall–Kier alpha value is -1.39. The predicted octanol–water partition coefficient (Wildman–Crippen LogP) is 2.49. The highest BCUT2D eigenvalue weighted by Gasteiger charge is 2.31. The van der Waals surface area contributed by atoms with Gasteiger partial charge in [0.1, 0.15) is 6.10 Å². The second-order valence-electron chi connectivity index (χ2n) is 6.03. The van der Waals surface area contributed by atoms with Gasteiger partial charge >= 0.3 is 0 Å². The summed E-state index contributed by atoms with van der Waals surface area (Å²) in [5, 5.41) is 6.35. The zero-order valence-electron chi connectivity index (χ0n) is 12.6. The zero-order valence-corrected chi connectivity index (χ0v) is 12.6. The number of fused-ring (bicyclic) bond motifs is 1. The molecule has 1 aromatic rings. The average molecular weight is 288 g/mol. The van der Waals surface area contributed by atoms with Gasteiger partial charge in [-0.1, -0.05) is 31.0 Å². The smallest absolute Gasteiger partial charge is 0.253 e. The molecule has 3 atom stereocenters. The maximum absolute atomic E-state index is 12.4. The second-order valence-corrected chi connectivity index (χ2v) is 6.03. The molecule has 3 unspecified atom stereocenters. The third-order valence-corrected chi connectivity index (χ3v) is 4.66. The van der Waals surface area contributed by atoms with Gasteiger partial charge < -0.3 is 15.4 Å². The van der Waals surface area contributed by atoms with Crippen LogP contribution in [-0.4, -0.2) is 31.2 Å². The molecule has 1 aliphatic heterocycles. The van der Waals surface area contributed by atoms with Gasteiger partial charge in [-0.15, -0.1) is 0 Å². The van der Waals surface area contributed by atoms with E-state index in [1.807, 2.05) is 25.2 Å². The summed E-state index contributed by atoms with van der Waals surface area (Å²) in [4.78, 5) is 12.4. The first-order valence-corrected chi connectivity index (χ1v) is 7.99. The second kappa shape index (κ2) is 6.58. The molecule has 1 heterocycles. The fourth-order valence-corrected chi connectivity index (χ4v) is 3.42. The Balaban J connectivity index is 1.68. The van der Waals surface area contributed by atoms with Crippen LogP contribution in [0, 0.1) is 0 Å². The molecule has 4 nitrogen and oxygen atoms in total. The van der Waals surface area contributed by atoms with Crippen molar-refractivity contribution < 1.29 is 9.53 Å². The topological polar surface area (TPSA) is 50.4 Å². The molecular weight excluding hydrogens is 264 g/mol. The van der Waals surface area contributed by atoms with Crippen LogP contribution in [0.3, 0.4) is 0 Å². The molecule has 21 heavy (non-hydrogen) atoms. The van der Waals surface area contributed by atoms with E-state index >= 15 is 0 Å². The van der Waals surface area contributed by atoms with E-state index in [-0.39, 0.29) is 18.1 Å². The molecule has 1 fully saturated rings. The lowest BCUT2D eigenvalue weighted by molar-refractivity contribution is -0.134. The Morgan fingerprint density at radius 2 is 2.00 bits per heavy atom. The monoisotopic (exact) mass is 288 g/mol. The van der Waals surface area contributed by atoms with Gasteiger partial charge in [0.05, 0.1) is 6.10 Å². The quantitative estimate of drug-likeness (QED) is 0.898. The zero-order chi connectivity index (χ0) is 14.7. The van der Waals surface area contributed by atoms with Crippen molar-refractivity contribution in [2.45, 2.75) is 56.8 Å². The fraction of sp³-hybridized carbons (Fsp3) is 0.588. The van der Waals surface area contributed by atoms with Crippen LogP contribution >= 0.6 is 0 Å². The number of carbonyl (C=O) groups is 1. The lowest BCUT2D eigenvalue weighted by Gasteiger charge is -2.33. The van der Waals surface area contributed by atoms with E-state index in [9.17, 15) is 4.79 Å². The van der Waals surface area contributed by atoms with E-state index < -0.39 is 0 Å². The Labute approximate surface area is 126 Å². The van der Waals surface area contributed by atoms with Crippen molar-refractivity contribution in [2.24, 2.45) is 0 Å². The molecule has 0 saturated heterocycles. The molecule has 2 N–H and O–H groups in total. The normalized spacial score (nSPS) is 29.4. The number of anilines is 1. The van der Waals surface area contributed by atoms with Crippen LogP contribution < -0.4 is 10.6 Å². The number of nitrogens with one attached hydrogen (secondary N) is 2. The standard InChI is InChI=1S/C17H24N2O2/c1-18-14-8-4-5-9-15(14)21-16-11-10-12-6-2-3-7-13(12)19-17(16)20/h2-3,6-7,14-16,18H,4-5,8-11H2,1H3,(H,19,20). The van der Waals surface area contributed by atoms with E-state index in [2.05, 4.69) is 16.7 Å². The van der Waals surface area contributed by atoms with Gasteiger partial charge in [-0.2, -0.15) is 0 Å². The molecule has 1 amide bonds. The minimum Gasteiger partial charge on any atom is -0.364 e. The highest BCUT2D eigenvalue weighted by molar-refractivity contribution is 5.95. The molecule has 0 aromatic heterocycles. The molecule has 1 saturated carbocycles. The summed E-state index contributed by atoms with van der Waals surface area (Å²) < 4.78 is 6.18. The summed E-state index contributed by atoms with van der Waals surface area (Å²) >= 11 is 0. The molecule has 1 aromatic carbocycles. The molecular formula is C17H24N2O2. The first-order valence-electron chi connectivity index (χ1n) is 7.99. The van der Waals surface area contributed by atoms with Gasteiger partial charge in [-0.3, -0.25) is 4.79 Å². The third kappa shape index (κ3) is 3.27. The van der Waals surface area contributed by atoms with Crippen LogP contribution in [0.5, 0.6) is 0 Å². The number of rotatable bonds is 3. The van der Waals surface area contributed by atoms with Crippen LogP contribution in [0.1, 0.15) is 37.7 Å². The molecule has 2 aliphatic rings. The maximum atomic E-state index is 12.4. The van der Waals surface area contributed by atoms with E-state index in [0.717, 1.165) is 31.4 Å². The lowest BCUT2D eigenvalue weighted by Crippen LogP contribution is -2.45. The Kier molecular flexibility index (Phi) is 4.56. The predicted molar refractivity (Wildman–Crippen MR) is 83.4 cm³/mol. The Morgan fingerprint density at radius 1 is 1.19 bits per heavy atom. The molecule has 0 bridgehead atoms. The van der Waals surface area contributed by atoms with Crippen LogP contribution in [-0.2, 0) is 16.0 Å². The number of aryl methyl sites for hydroxylation is 1. The number of ether oxygens (including phenoxy) is 1. The van der Waals surface area contributed by atoms with Gasteiger partial charge in [0.2, 0.25) is 0 Å². The van der Waals surface area contributed by atoms with E-state index in [0.29, 0.717) is 6.04 Å². The molecule has 0 radical (unpaired) electrons. The lowest BCUT2D eigenvalue weighted by atomic mass is 9.92. The number of para-hydroxylation sites is 1. The van der Waals surface area contributed by atoms with Crippen molar-refractivity contribution in [3.8, 4) is 0 Å². The van der Waals surface area contributed by atoms with Crippen LogP contribution in [0.25, 0.3) is 0 Å². The van der Waals surface area contributed by atoms with Gasteiger partial charge in [0.25, 0.3) is 5.91 Å². The number of amides is 1. The summed E-state index contributed by atoms with van der Waals surface area (Å²) in [5.74, 6) is 0.000349. The van der Waals surface area contributed by atoms with Gasteiger partial charge in [0.15, 0.2) is 0 Å². The molecule has 114 valence electrons. The van der Waals surface area contributed by atoms with Crippen molar-refractivity contribution >= 4 is 11.6 Å². The summed E-state index contributed by atoms with van der Waals surface area (Å²) in [6, 6.07) is 8.39. The molecule has 4 heteroatoms. The van der Waals surface area contributed by atoms with E-state index in [1.54, 1.807) is 0 Å². The first-order chi connectivity index (χ1) is 10.3. The summed E-state index contributed by atoms with van der Waals surface area (Å²) in [6.07, 6.45) is 6.08. The van der Waals surface area contributed by atoms with E-state index in [1.165, 1.54) is 18.4 Å². The van der Waals surface area contributed by atoms with Crippen molar-refractivity contribution in [2.75, 3.05) is 12.4 Å². The van der Waals surface area contributed by atoms with Gasteiger partial charge in [0, 0.05) is 11.7 Å². The van der Waals surface area contributed by atoms with Crippen molar-refractivity contribution in [3.05, 3.63) is 29.8 Å². The van der Waals surface area contributed by atoms with E-state index in [4.69, 9.17) is 4.74 Å².